The molecule has 1 amide bonds. The summed E-state index contributed by atoms with van der Waals surface area (Å²) in [7, 11) is -2.64. The van der Waals surface area contributed by atoms with Crippen LogP contribution in [0, 0.1) is 0 Å². The number of rotatable bonds is 9. The van der Waals surface area contributed by atoms with Crippen molar-refractivity contribution in [1.82, 2.24) is 5.32 Å². The average molecular weight is 525 g/mol. The van der Waals surface area contributed by atoms with E-state index in [-0.39, 0.29) is 24.6 Å². The third-order valence-corrected chi connectivity index (χ3v) is 7.62. The minimum absolute atomic E-state index is 0.00358. The Balaban J connectivity index is 1.69. The number of halogens is 1. The summed E-state index contributed by atoms with van der Waals surface area (Å²) in [4.78, 5) is 13.1. The fraction of sp³-hybridized carbons (Fsp3) is 0.148. The second-order valence-corrected chi connectivity index (χ2v) is 10.1. The molecular formula is C27H25ClN2O5S. The Bertz CT molecular complexity index is 1400. The Morgan fingerprint density at radius 1 is 1.06 bits per heavy atom. The molecular weight excluding hydrogens is 500 g/mol. The van der Waals surface area contributed by atoms with Crippen LogP contribution in [0.1, 0.15) is 11.1 Å². The predicted molar refractivity (Wildman–Crippen MR) is 142 cm³/mol. The van der Waals surface area contributed by atoms with Crippen molar-refractivity contribution in [3.05, 3.63) is 107 Å². The minimum atomic E-state index is -4.21. The Morgan fingerprint density at radius 2 is 1.75 bits per heavy atom. The van der Waals surface area contributed by atoms with Crippen LogP contribution >= 0.6 is 11.6 Å². The number of benzene rings is 3. The Hall–Kier alpha value is -3.75. The lowest BCUT2D eigenvalue weighted by molar-refractivity contribution is -0.116. The predicted octanol–water partition coefficient (Wildman–Crippen LogP) is 4.64. The van der Waals surface area contributed by atoms with Crippen molar-refractivity contribution in [2.45, 2.75) is 0 Å². The molecule has 0 aliphatic carbocycles. The highest BCUT2D eigenvalue weighted by Gasteiger charge is 2.40. The molecule has 1 heterocycles. The van der Waals surface area contributed by atoms with Gasteiger partial charge in [0.15, 0.2) is 4.91 Å². The van der Waals surface area contributed by atoms with Crippen molar-refractivity contribution < 1.29 is 22.7 Å². The van der Waals surface area contributed by atoms with E-state index >= 15 is 0 Å². The molecule has 7 nitrogen and oxygen atoms in total. The van der Waals surface area contributed by atoms with Gasteiger partial charge in [-0.15, -0.1) is 6.58 Å². The van der Waals surface area contributed by atoms with Crippen LogP contribution in [0.3, 0.4) is 0 Å². The summed E-state index contributed by atoms with van der Waals surface area (Å²) < 4.78 is 39.5. The maximum atomic E-state index is 13.8. The smallest absolute Gasteiger partial charge is 0.270 e. The first kappa shape index (κ1) is 25.3. The molecule has 36 heavy (non-hydrogen) atoms. The van der Waals surface area contributed by atoms with Crippen LogP contribution in [-0.4, -0.2) is 41.1 Å². The summed E-state index contributed by atoms with van der Waals surface area (Å²) in [6.45, 7) is 3.92. The Morgan fingerprint density at radius 3 is 2.42 bits per heavy atom. The minimum Gasteiger partial charge on any atom is -0.497 e. The van der Waals surface area contributed by atoms with E-state index in [0.29, 0.717) is 38.9 Å². The van der Waals surface area contributed by atoms with Gasteiger partial charge in [-0.3, -0.25) is 9.10 Å². The summed E-state index contributed by atoms with van der Waals surface area (Å²) in [5.74, 6) is 0.565. The number of fused-ring (bicyclic) bond motifs is 1. The van der Waals surface area contributed by atoms with Crippen molar-refractivity contribution in [3.8, 4) is 11.5 Å². The highest BCUT2D eigenvalue weighted by Crippen LogP contribution is 2.43. The lowest BCUT2D eigenvalue weighted by Crippen LogP contribution is -2.42. The van der Waals surface area contributed by atoms with Crippen molar-refractivity contribution in [2.24, 2.45) is 0 Å². The van der Waals surface area contributed by atoms with E-state index in [4.69, 9.17) is 21.1 Å². The number of ether oxygens (including phenoxy) is 2. The summed E-state index contributed by atoms with van der Waals surface area (Å²) in [6.07, 6.45) is 1.47. The molecule has 0 saturated carbocycles. The van der Waals surface area contributed by atoms with Gasteiger partial charge in [-0.05, 0) is 48.0 Å². The van der Waals surface area contributed by atoms with Crippen molar-refractivity contribution in [1.29, 1.82) is 0 Å². The summed E-state index contributed by atoms with van der Waals surface area (Å²) in [6, 6.07) is 20.9. The van der Waals surface area contributed by atoms with E-state index in [0.717, 1.165) is 0 Å². The molecule has 3 aromatic carbocycles. The van der Waals surface area contributed by atoms with Crippen molar-refractivity contribution in [2.75, 3.05) is 31.1 Å². The highest BCUT2D eigenvalue weighted by atomic mass is 35.5. The van der Waals surface area contributed by atoms with E-state index < -0.39 is 15.9 Å². The molecule has 0 fully saturated rings. The number of carbonyl (C=O) groups excluding carboxylic acids is 1. The molecule has 0 saturated heterocycles. The SMILES string of the molecule is C=CCN1c2ccc(Cl)cc2C(c2ccccc2)=C(C(=O)NCCOc2ccc(OC)cc2)S1(=O)=O. The van der Waals surface area contributed by atoms with Gasteiger partial charge in [-0.25, -0.2) is 8.42 Å². The number of methoxy groups -OCH3 is 1. The second-order valence-electron chi connectivity index (χ2n) is 7.84. The third kappa shape index (κ3) is 5.10. The monoisotopic (exact) mass is 524 g/mol. The fourth-order valence-corrected chi connectivity index (χ4v) is 5.84. The Kier molecular flexibility index (Phi) is 7.67. The Labute approximate surface area is 215 Å². The molecule has 1 aliphatic rings. The summed E-state index contributed by atoms with van der Waals surface area (Å²) >= 11 is 6.30. The molecule has 0 spiro atoms. The first-order chi connectivity index (χ1) is 17.4. The van der Waals surface area contributed by atoms with Gasteiger partial charge in [0.2, 0.25) is 0 Å². The van der Waals surface area contributed by atoms with Gasteiger partial charge in [0.1, 0.15) is 18.1 Å². The van der Waals surface area contributed by atoms with Crippen molar-refractivity contribution >= 4 is 38.8 Å². The first-order valence-corrected chi connectivity index (χ1v) is 13.0. The summed E-state index contributed by atoms with van der Waals surface area (Å²) in [5, 5.41) is 3.12. The van der Waals surface area contributed by atoms with Crippen LogP contribution in [0.5, 0.6) is 11.5 Å². The molecule has 9 heteroatoms. The van der Waals surface area contributed by atoms with Crippen LogP contribution in [0.4, 0.5) is 5.69 Å². The molecule has 0 atom stereocenters. The molecule has 186 valence electrons. The molecule has 4 rings (SSSR count). The van der Waals surface area contributed by atoms with Gasteiger partial charge < -0.3 is 14.8 Å². The van der Waals surface area contributed by atoms with E-state index in [1.165, 1.54) is 10.4 Å². The van der Waals surface area contributed by atoms with E-state index in [9.17, 15) is 13.2 Å². The van der Waals surface area contributed by atoms with Gasteiger partial charge in [0, 0.05) is 16.2 Å². The van der Waals surface area contributed by atoms with Crippen LogP contribution in [0.15, 0.2) is 90.4 Å². The highest BCUT2D eigenvalue weighted by molar-refractivity contribution is 7.97. The number of amides is 1. The quantitative estimate of drug-likeness (QED) is 0.325. The van der Waals surface area contributed by atoms with Crippen LogP contribution in [0.25, 0.3) is 5.57 Å². The maximum Gasteiger partial charge on any atom is 0.270 e. The molecule has 1 aliphatic heterocycles. The van der Waals surface area contributed by atoms with E-state index in [1.807, 2.05) is 6.07 Å². The number of nitrogens with zero attached hydrogens (tertiary/aromatic N) is 1. The maximum absolute atomic E-state index is 13.8. The fourth-order valence-electron chi connectivity index (χ4n) is 3.94. The number of hydrogen-bond donors (Lipinski definition) is 1. The van der Waals surface area contributed by atoms with Crippen LogP contribution in [-0.2, 0) is 14.8 Å². The molecule has 1 N–H and O–H groups in total. The molecule has 0 unspecified atom stereocenters. The molecule has 3 aromatic rings. The largest absolute Gasteiger partial charge is 0.497 e. The molecule has 0 aromatic heterocycles. The van der Waals surface area contributed by atoms with Gasteiger partial charge in [-0.1, -0.05) is 48.0 Å². The third-order valence-electron chi connectivity index (χ3n) is 5.55. The lowest BCUT2D eigenvalue weighted by atomic mass is 9.95. The number of nitrogens with one attached hydrogen (secondary N) is 1. The molecule has 0 bridgehead atoms. The lowest BCUT2D eigenvalue weighted by Gasteiger charge is -2.33. The number of hydrogen-bond acceptors (Lipinski definition) is 5. The van der Waals surface area contributed by atoms with Crippen LogP contribution < -0.4 is 19.1 Å². The standard InChI is InChI=1S/C27H25ClN2O5S/c1-3-16-30-24-14-9-20(28)18-23(24)25(19-7-5-4-6-8-19)26(36(30,32)33)27(31)29-15-17-35-22-12-10-21(34-2)11-13-22/h3-14,18H,1,15-17H2,2H3,(H,29,31). The number of anilines is 1. The van der Waals surface area contributed by atoms with Gasteiger partial charge in [-0.2, -0.15) is 0 Å². The first-order valence-electron chi connectivity index (χ1n) is 11.1. The zero-order valence-corrected chi connectivity index (χ0v) is 21.2. The average Bonchev–Trinajstić information content (AvgIpc) is 2.88. The summed E-state index contributed by atoms with van der Waals surface area (Å²) in [5.41, 5.74) is 1.85. The zero-order chi connectivity index (χ0) is 25.7. The van der Waals surface area contributed by atoms with E-state index in [2.05, 4.69) is 11.9 Å². The zero-order valence-electron chi connectivity index (χ0n) is 19.6. The van der Waals surface area contributed by atoms with Crippen molar-refractivity contribution in [3.63, 3.8) is 0 Å². The topological polar surface area (TPSA) is 84.9 Å². The number of sulfonamides is 1. The molecule has 0 radical (unpaired) electrons. The number of carbonyl (C=O) groups is 1. The van der Waals surface area contributed by atoms with E-state index in [1.54, 1.807) is 73.8 Å². The van der Waals surface area contributed by atoms with Gasteiger partial charge in [0.25, 0.3) is 15.9 Å². The normalized spacial score (nSPS) is 14.1. The second kappa shape index (κ2) is 10.9. The van der Waals surface area contributed by atoms with Crippen LogP contribution in [0.2, 0.25) is 5.02 Å². The van der Waals surface area contributed by atoms with Gasteiger partial charge in [0.05, 0.1) is 25.9 Å². The van der Waals surface area contributed by atoms with Gasteiger partial charge >= 0.3 is 0 Å².